The lowest BCUT2D eigenvalue weighted by atomic mass is 9.75. The monoisotopic (exact) mass is 320 g/mol. The van der Waals surface area contributed by atoms with Gasteiger partial charge in [0.25, 0.3) is 0 Å². The third-order valence-electron chi connectivity index (χ3n) is 7.13. The summed E-state index contributed by atoms with van der Waals surface area (Å²) in [7, 11) is 0. The highest BCUT2D eigenvalue weighted by molar-refractivity contribution is 4.96. The van der Waals surface area contributed by atoms with E-state index in [2.05, 4.69) is 51.3 Å². The van der Waals surface area contributed by atoms with Crippen LogP contribution in [0, 0.1) is 29.1 Å². The van der Waals surface area contributed by atoms with Gasteiger partial charge in [0.05, 0.1) is 0 Å². The van der Waals surface area contributed by atoms with Crippen molar-refractivity contribution in [3.05, 3.63) is 0 Å². The average Bonchev–Trinajstić information content (AvgIpc) is 2.95. The fourth-order valence-electron chi connectivity index (χ4n) is 5.47. The summed E-state index contributed by atoms with van der Waals surface area (Å²) in [5, 5.41) is 0. The molecule has 3 aliphatic rings. The smallest absolute Gasteiger partial charge is 0.0125 e. The van der Waals surface area contributed by atoms with E-state index in [1.165, 1.54) is 58.4 Å². The Labute approximate surface area is 145 Å². The maximum atomic E-state index is 2.79. The molecule has 0 spiro atoms. The molecule has 0 aromatic carbocycles. The predicted molar refractivity (Wildman–Crippen MR) is 99.6 cm³/mol. The van der Waals surface area contributed by atoms with Crippen LogP contribution in [0.2, 0.25) is 0 Å². The Bertz CT molecular complexity index is 381. The van der Waals surface area contributed by atoms with E-state index in [4.69, 9.17) is 0 Å². The van der Waals surface area contributed by atoms with Crippen LogP contribution in [0.4, 0.5) is 0 Å². The van der Waals surface area contributed by atoms with Crippen LogP contribution in [0.5, 0.6) is 0 Å². The molecule has 0 aromatic rings. The molecule has 3 fully saturated rings. The zero-order valence-corrected chi connectivity index (χ0v) is 16.6. The van der Waals surface area contributed by atoms with Crippen molar-refractivity contribution in [2.45, 2.75) is 72.8 Å². The minimum Gasteiger partial charge on any atom is -0.303 e. The van der Waals surface area contributed by atoms with Crippen molar-refractivity contribution >= 4 is 0 Å². The number of hydrogen-bond acceptors (Lipinski definition) is 2. The number of nitrogens with zero attached hydrogens (tertiary/aromatic N) is 2. The number of rotatable bonds is 2. The molecule has 0 aromatic heterocycles. The molecule has 2 unspecified atom stereocenters. The SMILES string of the molecule is CC(C)(C)C1CCN(CC2CC3CN(C(C)(C)C)CC3C2)CC1. The summed E-state index contributed by atoms with van der Waals surface area (Å²) >= 11 is 0. The highest BCUT2D eigenvalue weighted by atomic mass is 15.2. The van der Waals surface area contributed by atoms with Gasteiger partial charge in [-0.15, -0.1) is 0 Å². The first-order valence-corrected chi connectivity index (χ1v) is 10.1. The molecule has 3 rings (SSSR count). The highest BCUT2D eigenvalue weighted by Gasteiger charge is 2.43. The first-order valence-electron chi connectivity index (χ1n) is 10.1. The maximum absolute atomic E-state index is 2.79. The molecule has 0 amide bonds. The van der Waals surface area contributed by atoms with Crippen molar-refractivity contribution in [3.63, 3.8) is 0 Å². The zero-order chi connectivity index (χ0) is 16.8. The second kappa shape index (κ2) is 6.33. The summed E-state index contributed by atoms with van der Waals surface area (Å²) in [5.41, 5.74) is 0.877. The summed E-state index contributed by atoms with van der Waals surface area (Å²) in [6, 6.07) is 0. The molecule has 2 aliphatic heterocycles. The fraction of sp³-hybridized carbons (Fsp3) is 1.00. The minimum atomic E-state index is 0.370. The first kappa shape index (κ1) is 17.7. The third kappa shape index (κ3) is 4.12. The van der Waals surface area contributed by atoms with Crippen molar-refractivity contribution in [2.24, 2.45) is 29.1 Å². The third-order valence-corrected chi connectivity index (χ3v) is 7.13. The Hall–Kier alpha value is -0.0800. The Morgan fingerprint density at radius 3 is 1.78 bits per heavy atom. The molecule has 0 radical (unpaired) electrons. The highest BCUT2D eigenvalue weighted by Crippen LogP contribution is 2.44. The van der Waals surface area contributed by atoms with Crippen molar-refractivity contribution in [1.29, 1.82) is 0 Å². The quantitative estimate of drug-likeness (QED) is 0.739. The lowest BCUT2D eigenvalue weighted by Gasteiger charge is -2.39. The molecule has 1 aliphatic carbocycles. The zero-order valence-electron chi connectivity index (χ0n) is 16.6. The van der Waals surface area contributed by atoms with Gasteiger partial charge in [-0.3, -0.25) is 4.90 Å². The lowest BCUT2D eigenvalue weighted by Crippen LogP contribution is -2.41. The van der Waals surface area contributed by atoms with Gasteiger partial charge in [-0.25, -0.2) is 0 Å². The molecule has 2 nitrogen and oxygen atoms in total. The molecule has 0 N–H and O–H groups in total. The molecule has 2 atom stereocenters. The van der Waals surface area contributed by atoms with Gasteiger partial charge in [0.15, 0.2) is 0 Å². The van der Waals surface area contributed by atoms with E-state index < -0.39 is 0 Å². The van der Waals surface area contributed by atoms with Gasteiger partial charge >= 0.3 is 0 Å². The topological polar surface area (TPSA) is 6.48 Å². The van der Waals surface area contributed by atoms with Gasteiger partial charge < -0.3 is 4.90 Å². The van der Waals surface area contributed by atoms with Crippen LogP contribution < -0.4 is 0 Å². The summed E-state index contributed by atoms with van der Waals surface area (Å²) in [5.74, 6) is 3.90. The average molecular weight is 321 g/mol. The van der Waals surface area contributed by atoms with Crippen LogP contribution in [0.3, 0.4) is 0 Å². The Balaban J connectivity index is 1.43. The van der Waals surface area contributed by atoms with Crippen LogP contribution in [-0.4, -0.2) is 48.1 Å². The standard InChI is InChI=1S/C21H40N2/c1-20(2,3)19-7-9-22(10-8-19)13-16-11-17-14-23(21(4,5)6)15-18(17)12-16/h16-19H,7-15H2,1-6H3. The molecule has 134 valence electrons. The summed E-state index contributed by atoms with van der Waals surface area (Å²) in [4.78, 5) is 5.52. The van der Waals surface area contributed by atoms with E-state index in [-0.39, 0.29) is 0 Å². The van der Waals surface area contributed by atoms with Gasteiger partial charge in [0.2, 0.25) is 0 Å². The molecule has 1 saturated carbocycles. The van der Waals surface area contributed by atoms with Gasteiger partial charge in [-0.05, 0) is 88.6 Å². The molecule has 2 heteroatoms. The summed E-state index contributed by atoms with van der Waals surface area (Å²) in [6.07, 6.45) is 5.83. The normalized spacial score (nSPS) is 35.0. The molecule has 2 heterocycles. The van der Waals surface area contributed by atoms with Crippen molar-refractivity contribution in [1.82, 2.24) is 9.80 Å². The van der Waals surface area contributed by atoms with Crippen LogP contribution in [-0.2, 0) is 0 Å². The van der Waals surface area contributed by atoms with Crippen molar-refractivity contribution in [2.75, 3.05) is 32.7 Å². The molecule has 23 heavy (non-hydrogen) atoms. The summed E-state index contributed by atoms with van der Waals surface area (Å²) < 4.78 is 0. The molecule has 2 saturated heterocycles. The second-order valence-corrected chi connectivity index (χ2v) is 10.9. The van der Waals surface area contributed by atoms with Crippen LogP contribution in [0.15, 0.2) is 0 Å². The van der Waals surface area contributed by atoms with E-state index >= 15 is 0 Å². The lowest BCUT2D eigenvalue weighted by molar-refractivity contribution is 0.0975. The van der Waals surface area contributed by atoms with Crippen LogP contribution in [0.1, 0.15) is 67.2 Å². The van der Waals surface area contributed by atoms with E-state index in [9.17, 15) is 0 Å². The Kier molecular flexibility index (Phi) is 4.88. The van der Waals surface area contributed by atoms with Crippen LogP contribution in [0.25, 0.3) is 0 Å². The second-order valence-electron chi connectivity index (χ2n) is 10.9. The van der Waals surface area contributed by atoms with Crippen LogP contribution >= 0.6 is 0 Å². The van der Waals surface area contributed by atoms with Gasteiger partial charge in [0, 0.05) is 25.2 Å². The van der Waals surface area contributed by atoms with E-state index in [1.54, 1.807) is 0 Å². The van der Waals surface area contributed by atoms with Gasteiger partial charge in [0.1, 0.15) is 0 Å². The van der Waals surface area contributed by atoms with Crippen molar-refractivity contribution in [3.8, 4) is 0 Å². The fourth-order valence-corrected chi connectivity index (χ4v) is 5.47. The van der Waals surface area contributed by atoms with E-state index in [1.807, 2.05) is 0 Å². The molecular weight excluding hydrogens is 280 g/mol. The number of likely N-dealkylation sites (tertiary alicyclic amines) is 2. The minimum absolute atomic E-state index is 0.370. The number of hydrogen-bond donors (Lipinski definition) is 0. The first-order chi connectivity index (χ1) is 10.6. The largest absolute Gasteiger partial charge is 0.303 e. The van der Waals surface area contributed by atoms with Crippen molar-refractivity contribution < 1.29 is 0 Å². The molecular formula is C21H40N2. The number of fused-ring (bicyclic) bond motifs is 1. The van der Waals surface area contributed by atoms with Gasteiger partial charge in [-0.1, -0.05) is 20.8 Å². The van der Waals surface area contributed by atoms with Gasteiger partial charge in [-0.2, -0.15) is 0 Å². The molecule has 0 bridgehead atoms. The number of piperidine rings is 1. The Morgan fingerprint density at radius 1 is 0.826 bits per heavy atom. The Morgan fingerprint density at radius 2 is 1.35 bits per heavy atom. The van der Waals surface area contributed by atoms with E-state index in [0.29, 0.717) is 11.0 Å². The predicted octanol–water partition coefficient (Wildman–Crippen LogP) is 4.50. The maximum Gasteiger partial charge on any atom is 0.0125 e. The van der Waals surface area contributed by atoms with E-state index in [0.717, 1.165) is 23.7 Å². The summed E-state index contributed by atoms with van der Waals surface area (Å²) in [6.45, 7) is 21.2.